The predicted molar refractivity (Wildman–Crippen MR) is 191 cm³/mol. The minimum absolute atomic E-state index is 0.00704. The van der Waals surface area contributed by atoms with Crippen LogP contribution in [0.1, 0.15) is 38.5 Å². The van der Waals surface area contributed by atoms with Gasteiger partial charge in [0.2, 0.25) is 5.91 Å². The van der Waals surface area contributed by atoms with E-state index in [1.54, 1.807) is 25.3 Å². The number of nitrogens with zero attached hydrogens (tertiary/aromatic N) is 1. The fraction of sp³-hybridized carbons (Fsp3) is 0.342. The smallest absolute Gasteiger partial charge is 0.266 e. The second-order valence-corrected chi connectivity index (χ2v) is 14.7. The topological polar surface area (TPSA) is 148 Å². The predicted octanol–water partition coefficient (Wildman–Crippen LogP) is 4.94. The van der Waals surface area contributed by atoms with Gasteiger partial charge < -0.3 is 25.4 Å². The number of rotatable bonds is 6. The Morgan fingerprint density at radius 1 is 1.00 bits per heavy atom. The van der Waals surface area contributed by atoms with E-state index in [1.165, 1.54) is 6.07 Å². The highest BCUT2D eigenvalue weighted by atomic mass is 32.2. The minimum atomic E-state index is -4.22. The number of anilines is 1. The summed E-state index contributed by atoms with van der Waals surface area (Å²) in [7, 11) is -2.61. The van der Waals surface area contributed by atoms with Gasteiger partial charge in [-0.25, -0.2) is 18.1 Å². The number of amides is 2. The lowest BCUT2D eigenvalue weighted by Crippen LogP contribution is -2.55. The molecule has 0 unspecified atom stereocenters. The third-order valence-electron chi connectivity index (χ3n) is 9.65. The Hall–Kier alpha value is -4.94. The third-order valence-corrected chi connectivity index (χ3v) is 11.0. The zero-order valence-electron chi connectivity index (χ0n) is 27.9. The van der Waals surface area contributed by atoms with E-state index in [0.29, 0.717) is 43.1 Å². The molecule has 2 aliphatic heterocycles. The molecule has 0 bridgehead atoms. The van der Waals surface area contributed by atoms with E-state index in [-0.39, 0.29) is 22.8 Å². The summed E-state index contributed by atoms with van der Waals surface area (Å²) in [6.45, 7) is 1.02. The van der Waals surface area contributed by atoms with E-state index in [2.05, 4.69) is 20.7 Å². The van der Waals surface area contributed by atoms with Gasteiger partial charge in [-0.1, -0.05) is 61.0 Å². The number of ether oxygens (including phenoxy) is 2. The largest absolute Gasteiger partial charge is 0.497 e. The van der Waals surface area contributed by atoms with Crippen molar-refractivity contribution in [3.05, 3.63) is 91.0 Å². The summed E-state index contributed by atoms with van der Waals surface area (Å²) < 4.78 is 41.3. The summed E-state index contributed by atoms with van der Waals surface area (Å²) in [5, 5.41) is 10.2. The van der Waals surface area contributed by atoms with Crippen molar-refractivity contribution >= 4 is 38.4 Å². The van der Waals surface area contributed by atoms with Crippen molar-refractivity contribution in [2.45, 2.75) is 61.1 Å². The molecular formula is C38H41N5O6S. The molecule has 260 valence electrons. The van der Waals surface area contributed by atoms with Crippen LogP contribution in [0.2, 0.25) is 0 Å². The van der Waals surface area contributed by atoms with Crippen LogP contribution in [0.3, 0.4) is 0 Å². The average Bonchev–Trinajstić information content (AvgIpc) is 3.62. The Labute approximate surface area is 291 Å². The number of sulfonamides is 1. The molecule has 12 heteroatoms. The van der Waals surface area contributed by atoms with Crippen molar-refractivity contribution in [1.29, 1.82) is 0 Å². The molecular weight excluding hydrogens is 655 g/mol. The first kappa shape index (κ1) is 33.6. The number of para-hydroxylation sites is 1. The number of carbonyl (C=O) groups excluding carboxylic acids is 2. The van der Waals surface area contributed by atoms with E-state index >= 15 is 0 Å². The molecule has 3 heterocycles. The molecule has 4 aromatic rings. The molecule has 1 aliphatic carbocycles. The Morgan fingerprint density at radius 2 is 1.82 bits per heavy atom. The van der Waals surface area contributed by atoms with Crippen molar-refractivity contribution in [2.75, 3.05) is 25.5 Å². The summed E-state index contributed by atoms with van der Waals surface area (Å²) in [4.78, 5) is 32.4. The van der Waals surface area contributed by atoms with E-state index in [0.717, 1.165) is 47.8 Å². The number of hydrogen-bond donors (Lipinski definition) is 4. The highest BCUT2D eigenvalue weighted by Gasteiger charge is 2.61. The SMILES string of the molecule is COc1ccc2c(O[C@H]3CN[C@H](C(=O)N[C@@]45C[C@H]4C=CCCCCCNc4ccccc4S(=O)(=O)NC5=O)C3)cc(-c3ccccc3)nc2c1. The zero-order chi connectivity index (χ0) is 34.7. The number of fused-ring (bicyclic) bond motifs is 3. The summed E-state index contributed by atoms with van der Waals surface area (Å²) >= 11 is 0. The molecule has 2 amide bonds. The Kier molecular flexibility index (Phi) is 9.48. The number of methoxy groups -OCH3 is 1. The van der Waals surface area contributed by atoms with Gasteiger partial charge in [-0.2, -0.15) is 0 Å². The van der Waals surface area contributed by atoms with Gasteiger partial charge in [0.05, 0.1) is 30.0 Å². The number of carbonyl (C=O) groups is 2. The van der Waals surface area contributed by atoms with Gasteiger partial charge in [-0.15, -0.1) is 0 Å². The number of aromatic nitrogens is 1. The van der Waals surface area contributed by atoms with Gasteiger partial charge >= 0.3 is 0 Å². The Bertz CT molecular complexity index is 2040. The van der Waals surface area contributed by atoms with Gasteiger partial charge in [0.15, 0.2) is 0 Å². The van der Waals surface area contributed by atoms with Gasteiger partial charge in [0, 0.05) is 48.5 Å². The lowest BCUT2D eigenvalue weighted by atomic mass is 10.1. The third kappa shape index (κ3) is 7.03. The lowest BCUT2D eigenvalue weighted by molar-refractivity contribution is -0.130. The number of benzene rings is 3. The molecule has 2 fully saturated rings. The monoisotopic (exact) mass is 695 g/mol. The zero-order valence-corrected chi connectivity index (χ0v) is 28.7. The first-order chi connectivity index (χ1) is 24.3. The second kappa shape index (κ2) is 14.1. The number of allylic oxidation sites excluding steroid dienone is 1. The van der Waals surface area contributed by atoms with Crippen molar-refractivity contribution in [2.24, 2.45) is 5.92 Å². The molecule has 11 nitrogen and oxygen atoms in total. The van der Waals surface area contributed by atoms with Crippen LogP contribution in [0, 0.1) is 5.92 Å². The average molecular weight is 696 g/mol. The quantitative estimate of drug-likeness (QED) is 0.206. The Balaban J connectivity index is 1.09. The lowest BCUT2D eigenvalue weighted by Gasteiger charge is -2.22. The number of pyridine rings is 1. The van der Waals surface area contributed by atoms with Crippen LogP contribution in [-0.4, -0.2) is 63.1 Å². The highest BCUT2D eigenvalue weighted by molar-refractivity contribution is 7.90. The molecule has 50 heavy (non-hydrogen) atoms. The fourth-order valence-corrected chi connectivity index (χ4v) is 8.00. The van der Waals surface area contributed by atoms with Crippen LogP contribution in [0.5, 0.6) is 11.5 Å². The van der Waals surface area contributed by atoms with Crippen molar-refractivity contribution < 1.29 is 27.5 Å². The van der Waals surface area contributed by atoms with E-state index < -0.39 is 27.5 Å². The minimum Gasteiger partial charge on any atom is -0.497 e. The number of hydrogen-bond acceptors (Lipinski definition) is 9. The van der Waals surface area contributed by atoms with Crippen LogP contribution < -0.4 is 30.1 Å². The van der Waals surface area contributed by atoms with Crippen molar-refractivity contribution in [1.82, 2.24) is 20.3 Å². The molecule has 3 aliphatic rings. The number of nitrogens with one attached hydrogen (secondary N) is 4. The Morgan fingerprint density at radius 3 is 2.66 bits per heavy atom. The molecule has 0 spiro atoms. The molecule has 4 atom stereocenters. The fourth-order valence-electron chi connectivity index (χ4n) is 6.78. The first-order valence-corrected chi connectivity index (χ1v) is 18.6. The van der Waals surface area contributed by atoms with E-state index in [1.807, 2.05) is 66.7 Å². The maximum Gasteiger partial charge on any atom is 0.266 e. The molecule has 3 aromatic carbocycles. The van der Waals surface area contributed by atoms with Gasteiger partial charge in [0.1, 0.15) is 28.0 Å². The molecule has 0 radical (unpaired) electrons. The van der Waals surface area contributed by atoms with Gasteiger partial charge in [-0.05, 0) is 49.9 Å². The van der Waals surface area contributed by atoms with E-state index in [4.69, 9.17) is 14.5 Å². The highest BCUT2D eigenvalue weighted by Crippen LogP contribution is 2.46. The molecule has 4 N–H and O–H groups in total. The van der Waals surface area contributed by atoms with Crippen LogP contribution in [0.15, 0.2) is 95.9 Å². The van der Waals surface area contributed by atoms with Crippen LogP contribution >= 0.6 is 0 Å². The second-order valence-electron chi connectivity index (χ2n) is 13.1. The standard InChI is InChI=1S/C38H41N5O6S/c1-48-27-17-18-29-32(20-27)41-31(25-12-6-5-7-13-25)22-34(29)49-28-21-33(40-24-28)36(44)42-38-23-26(38)14-8-3-2-4-11-19-39-30-15-9-10-16-35(30)50(46,47)43-37(38)45/h5-10,12-18,20,22,26,28,33,39-40H,2-4,11,19,21,23-24H2,1H3,(H,42,44)(H,43,45)/t26-,28-,33+,38+/m1/s1. The van der Waals surface area contributed by atoms with E-state index in [9.17, 15) is 18.0 Å². The van der Waals surface area contributed by atoms with Crippen LogP contribution in [0.25, 0.3) is 22.2 Å². The summed E-state index contributed by atoms with van der Waals surface area (Å²) in [5.74, 6) is -0.141. The summed E-state index contributed by atoms with van der Waals surface area (Å²) in [6.07, 6.45) is 7.93. The first-order valence-electron chi connectivity index (χ1n) is 17.1. The summed E-state index contributed by atoms with van der Waals surface area (Å²) in [5.41, 5.74) is 1.46. The van der Waals surface area contributed by atoms with Gasteiger partial charge in [-0.3, -0.25) is 9.59 Å². The maximum atomic E-state index is 13.8. The molecule has 1 aromatic heterocycles. The normalized spacial score (nSPS) is 24.7. The van der Waals surface area contributed by atoms with Crippen LogP contribution in [-0.2, 0) is 19.6 Å². The summed E-state index contributed by atoms with van der Waals surface area (Å²) in [6, 6.07) is 23.3. The maximum absolute atomic E-state index is 13.8. The van der Waals surface area contributed by atoms with Crippen LogP contribution in [0.4, 0.5) is 5.69 Å². The van der Waals surface area contributed by atoms with Gasteiger partial charge in [0.25, 0.3) is 15.9 Å². The van der Waals surface area contributed by atoms with Crippen molar-refractivity contribution in [3.63, 3.8) is 0 Å². The molecule has 1 saturated carbocycles. The molecule has 7 rings (SSSR count). The van der Waals surface area contributed by atoms with Crippen molar-refractivity contribution in [3.8, 4) is 22.8 Å². The molecule has 1 saturated heterocycles.